The van der Waals surface area contributed by atoms with Crippen LogP contribution < -0.4 is 0 Å². The lowest BCUT2D eigenvalue weighted by Crippen LogP contribution is -1.85. The summed E-state index contributed by atoms with van der Waals surface area (Å²) in [5.41, 5.74) is 0.367. The summed E-state index contributed by atoms with van der Waals surface area (Å²) in [6, 6.07) is 4.69. The number of halogens is 3. The largest absolute Gasteiger partial charge is 0.206 e. The van der Waals surface area contributed by atoms with Crippen LogP contribution >= 0.6 is 38.5 Å². The molecule has 0 spiro atoms. The van der Waals surface area contributed by atoms with Gasteiger partial charge in [0.2, 0.25) is 0 Å². The molecular weight excluding hydrogens is 324 g/mol. The quantitative estimate of drug-likeness (QED) is 0.531. The topological polar surface area (TPSA) is 23.8 Å². The summed E-state index contributed by atoms with van der Waals surface area (Å²) in [5, 5.41) is 8.50. The van der Waals surface area contributed by atoms with E-state index in [1.54, 1.807) is 6.07 Å². The van der Waals surface area contributed by atoms with Gasteiger partial charge in [0, 0.05) is 3.57 Å². The monoisotopic (exact) mass is 325 g/mol. The molecule has 11 heavy (non-hydrogen) atoms. The van der Waals surface area contributed by atoms with Crippen molar-refractivity contribution in [1.82, 2.24) is 0 Å². The molecule has 0 aliphatic carbocycles. The van der Waals surface area contributed by atoms with E-state index in [1.807, 2.05) is 28.7 Å². The molecule has 0 N–H and O–H groups in total. The van der Waals surface area contributed by atoms with Crippen molar-refractivity contribution in [2.24, 2.45) is 0 Å². The Kier molecular flexibility index (Phi) is 2.84. The van der Waals surface area contributed by atoms with Crippen LogP contribution in [0.4, 0.5) is 4.39 Å². The lowest BCUT2D eigenvalue weighted by atomic mass is 10.2. The molecule has 56 valence electrons. The van der Waals surface area contributed by atoms with E-state index < -0.39 is 5.82 Å². The maximum Gasteiger partial charge on any atom is 0.138 e. The number of nitriles is 1. The van der Waals surface area contributed by atoms with E-state index in [2.05, 4.69) is 15.9 Å². The van der Waals surface area contributed by atoms with Gasteiger partial charge in [-0.2, -0.15) is 5.26 Å². The first-order valence-electron chi connectivity index (χ1n) is 2.70. The van der Waals surface area contributed by atoms with Gasteiger partial charge in [0.25, 0.3) is 0 Å². The number of hydrogen-bond acceptors (Lipinski definition) is 1. The zero-order chi connectivity index (χ0) is 8.43. The average molecular weight is 326 g/mol. The smallest absolute Gasteiger partial charge is 0.138 e. The molecular formula is C7H2BrFIN. The summed E-state index contributed by atoms with van der Waals surface area (Å²) in [6.07, 6.45) is 0. The van der Waals surface area contributed by atoms with Gasteiger partial charge in [-0.3, -0.25) is 0 Å². The fraction of sp³-hybridized carbons (Fsp3) is 0. The van der Waals surface area contributed by atoms with Crippen molar-refractivity contribution in [3.8, 4) is 6.07 Å². The molecule has 0 saturated carbocycles. The van der Waals surface area contributed by atoms with Crippen LogP contribution in [-0.4, -0.2) is 0 Å². The fourth-order valence-electron chi connectivity index (χ4n) is 0.608. The highest BCUT2D eigenvalue weighted by Crippen LogP contribution is 2.21. The summed E-state index contributed by atoms with van der Waals surface area (Å²) >= 11 is 5.00. The maximum absolute atomic E-state index is 12.7. The van der Waals surface area contributed by atoms with Crippen LogP contribution in [0.2, 0.25) is 0 Å². The molecule has 1 nitrogen and oxygen atoms in total. The van der Waals surface area contributed by atoms with Crippen molar-refractivity contribution < 1.29 is 4.39 Å². The van der Waals surface area contributed by atoms with Crippen LogP contribution in [0.5, 0.6) is 0 Å². The second kappa shape index (κ2) is 3.50. The lowest BCUT2D eigenvalue weighted by molar-refractivity contribution is 0.620. The van der Waals surface area contributed by atoms with Crippen molar-refractivity contribution in [3.63, 3.8) is 0 Å². The molecule has 0 heterocycles. The van der Waals surface area contributed by atoms with Crippen LogP contribution in [0.15, 0.2) is 16.6 Å². The average Bonchev–Trinajstić information content (AvgIpc) is 1.97. The molecule has 0 saturated heterocycles. The predicted octanol–water partition coefficient (Wildman–Crippen LogP) is 3.06. The van der Waals surface area contributed by atoms with Gasteiger partial charge in [0.05, 0.1) is 10.0 Å². The number of nitrogens with zero attached hydrogens (tertiary/aromatic N) is 1. The van der Waals surface area contributed by atoms with Gasteiger partial charge in [-0.15, -0.1) is 0 Å². The zero-order valence-corrected chi connectivity index (χ0v) is 8.98. The molecule has 0 radical (unpaired) electrons. The van der Waals surface area contributed by atoms with E-state index in [4.69, 9.17) is 5.26 Å². The highest BCUT2D eigenvalue weighted by Gasteiger charge is 2.04. The van der Waals surface area contributed by atoms with Crippen molar-refractivity contribution in [2.45, 2.75) is 0 Å². The molecule has 1 rings (SSSR count). The number of hydrogen-bond donors (Lipinski definition) is 0. The van der Waals surface area contributed by atoms with Crippen molar-refractivity contribution in [3.05, 3.63) is 31.6 Å². The summed E-state index contributed by atoms with van der Waals surface area (Å²) in [7, 11) is 0. The molecule has 0 aliphatic rings. The van der Waals surface area contributed by atoms with Crippen LogP contribution in [0.1, 0.15) is 5.56 Å². The highest BCUT2D eigenvalue weighted by atomic mass is 127. The van der Waals surface area contributed by atoms with E-state index >= 15 is 0 Å². The summed E-state index contributed by atoms with van der Waals surface area (Å²) in [6.45, 7) is 0. The minimum Gasteiger partial charge on any atom is -0.206 e. The SMILES string of the molecule is N#Cc1cc(F)c(Br)cc1I. The molecule has 0 unspecified atom stereocenters. The molecule has 1 aromatic carbocycles. The third kappa shape index (κ3) is 1.91. The Labute approximate surface area is 85.5 Å². The molecule has 0 aromatic heterocycles. The Morgan fingerprint density at radius 1 is 1.55 bits per heavy atom. The van der Waals surface area contributed by atoms with Crippen molar-refractivity contribution >= 4 is 38.5 Å². The first kappa shape index (κ1) is 8.94. The molecule has 0 aliphatic heterocycles. The zero-order valence-electron chi connectivity index (χ0n) is 5.24. The van der Waals surface area contributed by atoms with Crippen LogP contribution in [-0.2, 0) is 0 Å². The normalized spacial score (nSPS) is 9.27. The first-order valence-corrected chi connectivity index (χ1v) is 4.57. The van der Waals surface area contributed by atoms with Crippen LogP contribution in [0, 0.1) is 20.7 Å². The maximum atomic E-state index is 12.7. The summed E-state index contributed by atoms with van der Waals surface area (Å²) in [5.74, 6) is -0.401. The van der Waals surface area contributed by atoms with Crippen molar-refractivity contribution in [2.75, 3.05) is 0 Å². The third-order valence-corrected chi connectivity index (χ3v) is 2.63. The van der Waals surface area contributed by atoms with E-state index in [0.29, 0.717) is 10.0 Å². The van der Waals surface area contributed by atoms with E-state index in [0.717, 1.165) is 3.57 Å². The predicted molar refractivity (Wildman–Crippen MR) is 51.5 cm³/mol. The number of benzene rings is 1. The minimum absolute atomic E-state index is 0.367. The molecule has 4 heteroatoms. The fourth-order valence-corrected chi connectivity index (χ4v) is 1.97. The lowest BCUT2D eigenvalue weighted by Gasteiger charge is -1.96. The Hall–Kier alpha value is -0.150. The first-order chi connectivity index (χ1) is 5.15. The second-order valence-electron chi connectivity index (χ2n) is 1.86. The molecule has 0 amide bonds. The van der Waals surface area contributed by atoms with E-state index in [9.17, 15) is 4.39 Å². The molecule has 1 aromatic rings. The Morgan fingerprint density at radius 2 is 2.18 bits per heavy atom. The third-order valence-electron chi connectivity index (χ3n) is 1.13. The van der Waals surface area contributed by atoms with Crippen LogP contribution in [0.3, 0.4) is 0 Å². The van der Waals surface area contributed by atoms with Crippen LogP contribution in [0.25, 0.3) is 0 Å². The summed E-state index contributed by atoms with van der Waals surface area (Å²) in [4.78, 5) is 0. The molecule has 0 atom stereocenters. The van der Waals surface area contributed by atoms with Crippen molar-refractivity contribution in [1.29, 1.82) is 5.26 Å². The van der Waals surface area contributed by atoms with Gasteiger partial charge in [-0.25, -0.2) is 4.39 Å². The van der Waals surface area contributed by atoms with Gasteiger partial charge in [-0.05, 0) is 50.7 Å². The Balaban J connectivity index is 3.35. The Bertz CT molecular complexity index is 332. The van der Waals surface area contributed by atoms with Gasteiger partial charge in [0.15, 0.2) is 0 Å². The van der Waals surface area contributed by atoms with Gasteiger partial charge in [0.1, 0.15) is 11.9 Å². The minimum atomic E-state index is -0.401. The van der Waals surface area contributed by atoms with E-state index in [1.165, 1.54) is 6.07 Å². The van der Waals surface area contributed by atoms with E-state index in [-0.39, 0.29) is 0 Å². The number of rotatable bonds is 0. The standard InChI is InChI=1S/C7H2BrFIN/c8-5-2-7(10)4(3-11)1-6(5)9/h1-2H. The van der Waals surface area contributed by atoms with Gasteiger partial charge in [-0.1, -0.05) is 0 Å². The molecule has 0 fully saturated rings. The summed E-state index contributed by atoms with van der Waals surface area (Å²) < 4.78 is 13.9. The second-order valence-corrected chi connectivity index (χ2v) is 3.87. The van der Waals surface area contributed by atoms with Gasteiger partial charge >= 0.3 is 0 Å². The Morgan fingerprint density at radius 3 is 2.73 bits per heavy atom. The highest BCUT2D eigenvalue weighted by molar-refractivity contribution is 14.1. The molecule has 0 bridgehead atoms. The van der Waals surface area contributed by atoms with Gasteiger partial charge < -0.3 is 0 Å².